The molecular formula is C18H18N2. The highest BCUT2D eigenvalue weighted by atomic mass is 15.1. The second-order valence-corrected chi connectivity index (χ2v) is 5.20. The van der Waals surface area contributed by atoms with E-state index in [4.69, 9.17) is 0 Å². The van der Waals surface area contributed by atoms with Crippen molar-refractivity contribution in [3.05, 3.63) is 78.1 Å². The van der Waals surface area contributed by atoms with E-state index in [1.54, 1.807) is 0 Å². The Morgan fingerprint density at radius 1 is 0.950 bits per heavy atom. The topological polar surface area (TPSA) is 28.7 Å². The van der Waals surface area contributed by atoms with Crippen LogP contribution in [-0.2, 0) is 6.42 Å². The van der Waals surface area contributed by atoms with Crippen LogP contribution in [0.3, 0.4) is 0 Å². The van der Waals surface area contributed by atoms with Crippen molar-refractivity contribution in [2.75, 3.05) is 0 Å². The molecule has 0 saturated heterocycles. The Morgan fingerprint density at radius 2 is 1.70 bits per heavy atom. The third kappa shape index (κ3) is 2.80. The van der Waals surface area contributed by atoms with Gasteiger partial charge in [0, 0.05) is 11.8 Å². The smallest absolute Gasteiger partial charge is 0.0565 e. The second-order valence-electron chi connectivity index (χ2n) is 5.20. The molecule has 0 bridgehead atoms. The Balaban J connectivity index is 1.74. The fourth-order valence-electron chi connectivity index (χ4n) is 2.50. The molecule has 2 aromatic carbocycles. The van der Waals surface area contributed by atoms with E-state index in [2.05, 4.69) is 71.7 Å². The summed E-state index contributed by atoms with van der Waals surface area (Å²) in [5.74, 6) is 0.524. The Labute approximate surface area is 119 Å². The zero-order chi connectivity index (χ0) is 13.8. The molecule has 1 aromatic heterocycles. The van der Waals surface area contributed by atoms with Crippen molar-refractivity contribution >= 4 is 0 Å². The molecule has 0 aliphatic heterocycles. The fourth-order valence-corrected chi connectivity index (χ4v) is 2.50. The van der Waals surface area contributed by atoms with Crippen molar-refractivity contribution in [2.45, 2.75) is 19.3 Å². The van der Waals surface area contributed by atoms with Gasteiger partial charge in [-0.2, -0.15) is 5.10 Å². The van der Waals surface area contributed by atoms with Crippen LogP contribution < -0.4 is 0 Å². The zero-order valence-electron chi connectivity index (χ0n) is 11.6. The van der Waals surface area contributed by atoms with Crippen LogP contribution in [0.2, 0.25) is 0 Å². The van der Waals surface area contributed by atoms with Crippen molar-refractivity contribution in [1.29, 1.82) is 0 Å². The molecule has 0 fully saturated rings. The van der Waals surface area contributed by atoms with Gasteiger partial charge in [0.1, 0.15) is 0 Å². The van der Waals surface area contributed by atoms with Crippen LogP contribution in [0.25, 0.3) is 11.1 Å². The molecule has 1 N–H and O–H groups in total. The third-order valence-electron chi connectivity index (χ3n) is 3.70. The maximum absolute atomic E-state index is 3.99. The summed E-state index contributed by atoms with van der Waals surface area (Å²) in [5, 5.41) is 6.84. The van der Waals surface area contributed by atoms with Gasteiger partial charge in [0.05, 0.1) is 6.20 Å². The number of hydrogen-bond donors (Lipinski definition) is 1. The van der Waals surface area contributed by atoms with Gasteiger partial charge in [0.15, 0.2) is 0 Å². The average Bonchev–Trinajstić information content (AvgIpc) is 3.03. The summed E-state index contributed by atoms with van der Waals surface area (Å²) in [7, 11) is 0. The molecule has 0 spiro atoms. The predicted octanol–water partition coefficient (Wildman–Crippen LogP) is 4.42. The highest BCUT2D eigenvalue weighted by molar-refractivity contribution is 5.61. The number of aromatic amines is 1. The molecule has 100 valence electrons. The van der Waals surface area contributed by atoms with Gasteiger partial charge in [-0.3, -0.25) is 5.10 Å². The summed E-state index contributed by atoms with van der Waals surface area (Å²) < 4.78 is 0. The Bertz CT molecular complexity index is 640. The molecule has 1 unspecified atom stereocenters. The molecule has 0 aliphatic rings. The monoisotopic (exact) mass is 262 g/mol. The number of nitrogens with zero attached hydrogens (tertiary/aromatic N) is 1. The van der Waals surface area contributed by atoms with E-state index in [1.807, 2.05) is 12.4 Å². The molecular weight excluding hydrogens is 244 g/mol. The average molecular weight is 262 g/mol. The van der Waals surface area contributed by atoms with E-state index >= 15 is 0 Å². The number of H-pyrrole nitrogens is 1. The molecule has 2 nitrogen and oxygen atoms in total. The lowest BCUT2D eigenvalue weighted by molar-refractivity contribution is 0.759. The van der Waals surface area contributed by atoms with Crippen LogP contribution in [0, 0.1) is 0 Å². The molecule has 1 heterocycles. The van der Waals surface area contributed by atoms with Gasteiger partial charge in [-0.05, 0) is 29.0 Å². The van der Waals surface area contributed by atoms with Crippen LogP contribution in [-0.4, -0.2) is 10.2 Å². The number of aromatic nitrogens is 2. The van der Waals surface area contributed by atoms with Gasteiger partial charge in [-0.15, -0.1) is 0 Å². The van der Waals surface area contributed by atoms with Crippen molar-refractivity contribution in [1.82, 2.24) is 10.2 Å². The van der Waals surface area contributed by atoms with Crippen molar-refractivity contribution < 1.29 is 0 Å². The maximum atomic E-state index is 3.99. The quantitative estimate of drug-likeness (QED) is 0.740. The van der Waals surface area contributed by atoms with Gasteiger partial charge in [-0.1, -0.05) is 61.5 Å². The third-order valence-corrected chi connectivity index (χ3v) is 3.70. The minimum Gasteiger partial charge on any atom is -0.285 e. The molecule has 1 atom stereocenters. The van der Waals surface area contributed by atoms with Gasteiger partial charge < -0.3 is 0 Å². The summed E-state index contributed by atoms with van der Waals surface area (Å²) in [4.78, 5) is 0. The van der Waals surface area contributed by atoms with Crippen LogP contribution in [0.4, 0.5) is 0 Å². The molecule has 0 aliphatic carbocycles. The largest absolute Gasteiger partial charge is 0.285 e. The summed E-state index contributed by atoms with van der Waals surface area (Å²) >= 11 is 0. The minimum atomic E-state index is 0.524. The normalized spacial score (nSPS) is 12.2. The number of hydrogen-bond acceptors (Lipinski definition) is 1. The van der Waals surface area contributed by atoms with Crippen molar-refractivity contribution in [3.8, 4) is 11.1 Å². The van der Waals surface area contributed by atoms with Gasteiger partial charge in [-0.25, -0.2) is 0 Å². The van der Waals surface area contributed by atoms with Crippen LogP contribution in [0.5, 0.6) is 0 Å². The lowest BCUT2D eigenvalue weighted by Gasteiger charge is -2.12. The van der Waals surface area contributed by atoms with E-state index in [0.717, 1.165) is 12.0 Å². The number of rotatable bonds is 4. The lowest BCUT2D eigenvalue weighted by atomic mass is 9.92. The first kappa shape index (κ1) is 12.7. The standard InChI is InChI=1S/C18H18N2/c1-14(11-15-5-3-2-4-6-15)16-7-9-17(10-8-16)18-12-19-20-13-18/h2-10,12-14H,11H2,1H3,(H,19,20). The minimum absolute atomic E-state index is 0.524. The van der Waals surface area contributed by atoms with E-state index < -0.39 is 0 Å². The first-order valence-electron chi connectivity index (χ1n) is 6.96. The predicted molar refractivity (Wildman–Crippen MR) is 82.6 cm³/mol. The molecule has 3 rings (SSSR count). The Morgan fingerprint density at radius 3 is 2.35 bits per heavy atom. The SMILES string of the molecule is CC(Cc1ccccc1)c1ccc(-c2cn[nH]c2)cc1. The van der Waals surface area contributed by atoms with Crippen LogP contribution >= 0.6 is 0 Å². The Kier molecular flexibility index (Phi) is 3.64. The number of nitrogens with one attached hydrogen (secondary N) is 1. The van der Waals surface area contributed by atoms with E-state index in [0.29, 0.717) is 5.92 Å². The molecule has 0 radical (unpaired) electrons. The van der Waals surface area contributed by atoms with E-state index in [9.17, 15) is 0 Å². The molecule has 0 amide bonds. The highest BCUT2D eigenvalue weighted by Crippen LogP contribution is 2.24. The fraction of sp³-hybridized carbons (Fsp3) is 0.167. The molecule has 3 aromatic rings. The Hall–Kier alpha value is -2.35. The maximum Gasteiger partial charge on any atom is 0.0565 e. The van der Waals surface area contributed by atoms with Gasteiger partial charge >= 0.3 is 0 Å². The van der Waals surface area contributed by atoms with E-state index in [1.165, 1.54) is 16.7 Å². The zero-order valence-corrected chi connectivity index (χ0v) is 11.6. The van der Waals surface area contributed by atoms with Gasteiger partial charge in [0.25, 0.3) is 0 Å². The summed E-state index contributed by atoms with van der Waals surface area (Å²) in [6.45, 7) is 2.28. The van der Waals surface area contributed by atoms with Crippen molar-refractivity contribution in [2.24, 2.45) is 0 Å². The summed E-state index contributed by atoms with van der Waals surface area (Å²) in [5.41, 5.74) is 5.10. The first-order valence-corrected chi connectivity index (χ1v) is 6.96. The summed E-state index contributed by atoms with van der Waals surface area (Å²) in [6, 6.07) is 19.4. The first-order chi connectivity index (χ1) is 9.83. The summed E-state index contributed by atoms with van der Waals surface area (Å²) in [6.07, 6.45) is 4.84. The van der Waals surface area contributed by atoms with E-state index in [-0.39, 0.29) is 0 Å². The molecule has 20 heavy (non-hydrogen) atoms. The van der Waals surface area contributed by atoms with Crippen molar-refractivity contribution in [3.63, 3.8) is 0 Å². The number of benzene rings is 2. The second kappa shape index (κ2) is 5.74. The highest BCUT2D eigenvalue weighted by Gasteiger charge is 2.07. The molecule has 0 saturated carbocycles. The lowest BCUT2D eigenvalue weighted by Crippen LogP contribution is -1.98. The van der Waals surface area contributed by atoms with Crippen LogP contribution in [0.15, 0.2) is 67.0 Å². The molecule has 2 heteroatoms. The van der Waals surface area contributed by atoms with Crippen LogP contribution in [0.1, 0.15) is 24.0 Å². The van der Waals surface area contributed by atoms with Gasteiger partial charge in [0.2, 0.25) is 0 Å².